The van der Waals surface area contributed by atoms with E-state index in [2.05, 4.69) is 10.6 Å². The van der Waals surface area contributed by atoms with Crippen molar-refractivity contribution in [1.82, 2.24) is 5.32 Å². The number of carbonyl (C=O) groups is 1. The third-order valence-corrected chi connectivity index (χ3v) is 3.10. The van der Waals surface area contributed by atoms with Gasteiger partial charge in [0.05, 0.1) is 10.6 Å². The molecule has 0 aliphatic heterocycles. The van der Waals surface area contributed by atoms with Crippen molar-refractivity contribution >= 4 is 23.3 Å². The van der Waals surface area contributed by atoms with Crippen LogP contribution in [0.25, 0.3) is 0 Å². The number of alkyl halides is 3. The highest BCUT2D eigenvalue weighted by molar-refractivity contribution is 6.32. The summed E-state index contributed by atoms with van der Waals surface area (Å²) in [5.41, 5.74) is -0.394. The van der Waals surface area contributed by atoms with Crippen molar-refractivity contribution in [3.63, 3.8) is 0 Å². The molecule has 8 heteroatoms. The quantitative estimate of drug-likeness (QED) is 0.831. The summed E-state index contributed by atoms with van der Waals surface area (Å²) in [7, 11) is 1.47. The van der Waals surface area contributed by atoms with E-state index in [1.165, 1.54) is 13.1 Å². The summed E-state index contributed by atoms with van der Waals surface area (Å²) in [6.07, 6.45) is -4.47. The molecule has 0 radical (unpaired) electrons. The maximum Gasteiger partial charge on any atom is 0.416 e. The maximum atomic E-state index is 12.6. The molecule has 0 aliphatic rings. The topological polar surface area (TPSA) is 50.4 Å². The molecule has 0 fully saturated rings. The van der Waals surface area contributed by atoms with E-state index < -0.39 is 17.8 Å². The summed E-state index contributed by atoms with van der Waals surface area (Å²) in [6, 6.07) is 8.78. The van der Waals surface area contributed by atoms with Crippen molar-refractivity contribution in [1.29, 1.82) is 0 Å². The fourth-order valence-corrected chi connectivity index (χ4v) is 1.94. The van der Waals surface area contributed by atoms with Gasteiger partial charge in [0.2, 0.25) is 0 Å². The SMILES string of the molecule is CNC(=O)Nc1cccc(Oc2ccc(C(F)(F)F)cc2Cl)c1. The van der Waals surface area contributed by atoms with E-state index in [4.69, 9.17) is 16.3 Å². The van der Waals surface area contributed by atoms with Crippen LogP contribution in [0.2, 0.25) is 5.02 Å². The van der Waals surface area contributed by atoms with Gasteiger partial charge in [-0.05, 0) is 30.3 Å². The summed E-state index contributed by atoms with van der Waals surface area (Å²) in [4.78, 5) is 11.2. The highest BCUT2D eigenvalue weighted by Gasteiger charge is 2.31. The number of ether oxygens (including phenoxy) is 1. The molecule has 0 heterocycles. The van der Waals surface area contributed by atoms with Gasteiger partial charge >= 0.3 is 12.2 Å². The minimum absolute atomic E-state index is 0.0803. The van der Waals surface area contributed by atoms with Crippen LogP contribution in [-0.2, 0) is 6.18 Å². The number of anilines is 1. The molecular weight excluding hydrogens is 333 g/mol. The summed E-state index contributed by atoms with van der Waals surface area (Å²) < 4.78 is 43.2. The predicted octanol–water partition coefficient (Wildman–Crippen LogP) is 4.90. The lowest BCUT2D eigenvalue weighted by Crippen LogP contribution is -2.24. The average molecular weight is 345 g/mol. The molecule has 0 aliphatic carbocycles. The first-order valence-corrected chi connectivity index (χ1v) is 6.81. The fraction of sp³-hybridized carbons (Fsp3) is 0.133. The average Bonchev–Trinajstić information content (AvgIpc) is 2.48. The largest absolute Gasteiger partial charge is 0.456 e. The molecule has 0 saturated heterocycles. The van der Waals surface area contributed by atoms with Gasteiger partial charge in [-0.2, -0.15) is 13.2 Å². The van der Waals surface area contributed by atoms with E-state index in [0.717, 1.165) is 18.2 Å². The van der Waals surface area contributed by atoms with Gasteiger partial charge < -0.3 is 15.4 Å². The molecule has 2 amide bonds. The third kappa shape index (κ3) is 4.53. The van der Waals surface area contributed by atoms with Gasteiger partial charge in [0.1, 0.15) is 11.5 Å². The second kappa shape index (κ2) is 6.78. The van der Waals surface area contributed by atoms with Gasteiger partial charge in [0.25, 0.3) is 0 Å². The van der Waals surface area contributed by atoms with Gasteiger partial charge in [-0.3, -0.25) is 0 Å². The predicted molar refractivity (Wildman–Crippen MR) is 81.0 cm³/mol. The molecule has 2 N–H and O–H groups in total. The van der Waals surface area contributed by atoms with Crippen LogP contribution in [-0.4, -0.2) is 13.1 Å². The zero-order valence-electron chi connectivity index (χ0n) is 11.9. The minimum atomic E-state index is -4.47. The Morgan fingerprint density at radius 3 is 2.52 bits per heavy atom. The summed E-state index contributed by atoms with van der Waals surface area (Å²) in [5, 5.41) is 4.78. The monoisotopic (exact) mass is 344 g/mol. The molecular formula is C15H12ClF3N2O2. The second-order valence-electron chi connectivity index (χ2n) is 4.48. The zero-order chi connectivity index (χ0) is 17.0. The van der Waals surface area contributed by atoms with Crippen molar-refractivity contribution in [3.05, 3.63) is 53.1 Å². The first kappa shape index (κ1) is 17.0. The van der Waals surface area contributed by atoms with E-state index in [1.54, 1.807) is 18.2 Å². The lowest BCUT2D eigenvalue weighted by molar-refractivity contribution is -0.137. The normalized spacial score (nSPS) is 11.0. The summed E-state index contributed by atoms with van der Waals surface area (Å²) >= 11 is 5.83. The number of nitrogens with one attached hydrogen (secondary N) is 2. The van der Waals surface area contributed by atoms with Crippen LogP contribution in [0.3, 0.4) is 0 Å². The van der Waals surface area contributed by atoms with Crippen LogP contribution in [0.15, 0.2) is 42.5 Å². The van der Waals surface area contributed by atoms with Gasteiger partial charge in [-0.25, -0.2) is 4.79 Å². The molecule has 2 aromatic carbocycles. The molecule has 0 bridgehead atoms. The van der Waals surface area contributed by atoms with Crippen molar-refractivity contribution in [2.45, 2.75) is 6.18 Å². The van der Waals surface area contributed by atoms with E-state index in [-0.39, 0.29) is 10.8 Å². The minimum Gasteiger partial charge on any atom is -0.456 e. The molecule has 0 spiro atoms. The number of benzene rings is 2. The Hall–Kier alpha value is -2.41. The number of hydrogen-bond donors (Lipinski definition) is 2. The van der Waals surface area contributed by atoms with Crippen molar-refractivity contribution in [3.8, 4) is 11.5 Å². The molecule has 23 heavy (non-hydrogen) atoms. The summed E-state index contributed by atoms with van der Waals surface area (Å²) in [6.45, 7) is 0. The Morgan fingerprint density at radius 2 is 1.91 bits per heavy atom. The van der Waals surface area contributed by atoms with Gasteiger partial charge in [0.15, 0.2) is 0 Å². The van der Waals surface area contributed by atoms with Crippen molar-refractivity contribution in [2.24, 2.45) is 0 Å². The van der Waals surface area contributed by atoms with Crippen LogP contribution >= 0.6 is 11.6 Å². The fourth-order valence-electron chi connectivity index (χ4n) is 1.72. The van der Waals surface area contributed by atoms with Crippen molar-refractivity contribution in [2.75, 3.05) is 12.4 Å². The van der Waals surface area contributed by atoms with Gasteiger partial charge in [0, 0.05) is 18.8 Å². The van der Waals surface area contributed by atoms with E-state index in [9.17, 15) is 18.0 Å². The Bertz CT molecular complexity index is 720. The number of amides is 2. The molecule has 2 aromatic rings. The Kier molecular flexibility index (Phi) is 5.00. The van der Waals surface area contributed by atoms with E-state index >= 15 is 0 Å². The Balaban J connectivity index is 2.19. The van der Waals surface area contributed by atoms with Crippen LogP contribution in [0.4, 0.5) is 23.7 Å². The standard InChI is InChI=1S/C15H12ClF3N2O2/c1-20-14(22)21-10-3-2-4-11(8-10)23-13-6-5-9(7-12(13)16)15(17,18)19/h2-8H,1H3,(H2,20,21,22). The third-order valence-electron chi connectivity index (χ3n) is 2.81. The number of urea groups is 1. The molecule has 2 rings (SSSR count). The zero-order valence-corrected chi connectivity index (χ0v) is 12.6. The Morgan fingerprint density at radius 1 is 1.17 bits per heavy atom. The highest BCUT2D eigenvalue weighted by Crippen LogP contribution is 2.36. The smallest absolute Gasteiger partial charge is 0.416 e. The van der Waals surface area contributed by atoms with E-state index in [0.29, 0.717) is 11.4 Å². The van der Waals surface area contributed by atoms with Gasteiger partial charge in [-0.1, -0.05) is 17.7 Å². The number of halogens is 4. The first-order valence-electron chi connectivity index (χ1n) is 6.43. The first-order chi connectivity index (χ1) is 10.8. The van der Waals surface area contributed by atoms with Crippen LogP contribution in [0, 0.1) is 0 Å². The number of rotatable bonds is 3. The molecule has 122 valence electrons. The highest BCUT2D eigenvalue weighted by atomic mass is 35.5. The van der Waals surface area contributed by atoms with Crippen LogP contribution < -0.4 is 15.4 Å². The maximum absolute atomic E-state index is 12.6. The van der Waals surface area contributed by atoms with Gasteiger partial charge in [-0.15, -0.1) is 0 Å². The molecule has 0 aromatic heterocycles. The van der Waals surface area contributed by atoms with Crippen LogP contribution in [0.1, 0.15) is 5.56 Å². The molecule has 0 unspecified atom stereocenters. The Labute approximate surface area is 135 Å². The summed E-state index contributed by atoms with van der Waals surface area (Å²) in [5.74, 6) is 0.400. The molecule has 4 nitrogen and oxygen atoms in total. The van der Waals surface area contributed by atoms with Crippen LogP contribution in [0.5, 0.6) is 11.5 Å². The number of hydrogen-bond acceptors (Lipinski definition) is 2. The lowest BCUT2D eigenvalue weighted by atomic mass is 10.2. The van der Waals surface area contributed by atoms with Crippen molar-refractivity contribution < 1.29 is 22.7 Å². The number of carbonyl (C=O) groups excluding carboxylic acids is 1. The molecule has 0 saturated carbocycles. The lowest BCUT2D eigenvalue weighted by Gasteiger charge is -2.12. The molecule has 0 atom stereocenters. The second-order valence-corrected chi connectivity index (χ2v) is 4.88. The van der Waals surface area contributed by atoms with E-state index in [1.807, 2.05) is 0 Å².